The molecular formula is C13H26N2O3. The molecule has 0 spiro atoms. The van der Waals surface area contributed by atoms with Crippen LogP contribution in [0.4, 0.5) is 4.79 Å². The van der Waals surface area contributed by atoms with Crippen LogP contribution in [0.1, 0.15) is 41.0 Å². The molecule has 0 fully saturated rings. The molecule has 18 heavy (non-hydrogen) atoms. The summed E-state index contributed by atoms with van der Waals surface area (Å²) >= 11 is 0. The molecule has 0 aromatic rings. The van der Waals surface area contributed by atoms with Crippen molar-refractivity contribution in [2.75, 3.05) is 13.1 Å². The number of hydrogen-bond donors (Lipinski definition) is 2. The van der Waals surface area contributed by atoms with Gasteiger partial charge in [0.25, 0.3) is 0 Å². The van der Waals surface area contributed by atoms with Crippen LogP contribution in [-0.2, 0) is 4.79 Å². The van der Waals surface area contributed by atoms with Crippen molar-refractivity contribution in [2.45, 2.75) is 47.1 Å². The second kappa shape index (κ2) is 7.95. The van der Waals surface area contributed by atoms with Gasteiger partial charge < -0.3 is 15.3 Å². The molecule has 0 rings (SSSR count). The van der Waals surface area contributed by atoms with Gasteiger partial charge in [-0.1, -0.05) is 34.6 Å². The van der Waals surface area contributed by atoms with Gasteiger partial charge in [-0.25, -0.2) is 9.59 Å². The average Bonchev–Trinajstić information content (AvgIpc) is 2.22. The van der Waals surface area contributed by atoms with E-state index in [9.17, 15) is 9.59 Å². The Morgan fingerprint density at radius 1 is 1.11 bits per heavy atom. The number of urea groups is 1. The lowest BCUT2D eigenvalue weighted by Gasteiger charge is -2.28. The molecule has 5 heteroatoms. The minimum atomic E-state index is -0.986. The molecule has 5 nitrogen and oxygen atoms in total. The first kappa shape index (κ1) is 16.7. The second-order valence-electron chi connectivity index (χ2n) is 5.44. The summed E-state index contributed by atoms with van der Waals surface area (Å²) in [5.41, 5.74) is 0. The van der Waals surface area contributed by atoms with Crippen LogP contribution in [0, 0.1) is 11.8 Å². The van der Waals surface area contributed by atoms with Gasteiger partial charge >= 0.3 is 12.0 Å². The average molecular weight is 258 g/mol. The molecule has 0 aromatic carbocycles. The Balaban J connectivity index is 4.58. The number of aliphatic carboxylic acids is 1. The molecule has 0 heterocycles. The molecule has 1 atom stereocenters. The van der Waals surface area contributed by atoms with E-state index in [1.165, 1.54) is 0 Å². The van der Waals surface area contributed by atoms with Crippen LogP contribution in [0.5, 0.6) is 0 Å². The minimum Gasteiger partial charge on any atom is -0.480 e. The molecule has 2 N–H and O–H groups in total. The van der Waals surface area contributed by atoms with Crippen LogP contribution < -0.4 is 5.32 Å². The van der Waals surface area contributed by atoms with Gasteiger partial charge in [-0.05, 0) is 18.3 Å². The van der Waals surface area contributed by atoms with Gasteiger partial charge in [0.2, 0.25) is 0 Å². The van der Waals surface area contributed by atoms with Crippen LogP contribution >= 0.6 is 0 Å². The highest BCUT2D eigenvalue weighted by molar-refractivity contribution is 5.82. The maximum Gasteiger partial charge on any atom is 0.326 e. The fourth-order valence-corrected chi connectivity index (χ4v) is 1.70. The SMILES string of the molecule is CCC(NC(=O)N(CC(C)C)CC(C)C)C(=O)O. The second-order valence-corrected chi connectivity index (χ2v) is 5.44. The first-order valence-electron chi connectivity index (χ1n) is 6.56. The number of carbonyl (C=O) groups is 2. The summed E-state index contributed by atoms with van der Waals surface area (Å²) in [6.07, 6.45) is 0.387. The number of nitrogens with one attached hydrogen (secondary N) is 1. The van der Waals surface area contributed by atoms with E-state index in [0.29, 0.717) is 31.3 Å². The van der Waals surface area contributed by atoms with Gasteiger partial charge in [0, 0.05) is 13.1 Å². The molecule has 0 aliphatic carbocycles. The quantitative estimate of drug-likeness (QED) is 0.735. The van der Waals surface area contributed by atoms with E-state index in [2.05, 4.69) is 5.32 Å². The Morgan fingerprint density at radius 3 is 1.83 bits per heavy atom. The van der Waals surface area contributed by atoms with Crippen molar-refractivity contribution in [1.29, 1.82) is 0 Å². The highest BCUT2D eigenvalue weighted by Gasteiger charge is 2.22. The fraction of sp³-hybridized carbons (Fsp3) is 0.846. The van der Waals surface area contributed by atoms with Crippen molar-refractivity contribution in [3.63, 3.8) is 0 Å². The Bertz CT molecular complexity index is 267. The standard InChI is InChI=1S/C13H26N2O3/c1-6-11(12(16)17)14-13(18)15(7-9(2)3)8-10(4)5/h9-11H,6-8H2,1-5H3,(H,14,18)(H,16,17). The summed E-state index contributed by atoms with van der Waals surface area (Å²) in [5, 5.41) is 11.5. The number of amides is 2. The first-order valence-corrected chi connectivity index (χ1v) is 6.56. The van der Waals surface area contributed by atoms with Crippen molar-refractivity contribution in [3.8, 4) is 0 Å². The summed E-state index contributed by atoms with van der Waals surface area (Å²) in [6, 6.07) is -1.09. The fourth-order valence-electron chi connectivity index (χ4n) is 1.70. The van der Waals surface area contributed by atoms with Crippen LogP contribution in [0.3, 0.4) is 0 Å². The maximum absolute atomic E-state index is 12.0. The van der Waals surface area contributed by atoms with E-state index in [1.54, 1.807) is 11.8 Å². The smallest absolute Gasteiger partial charge is 0.326 e. The van der Waals surface area contributed by atoms with E-state index >= 15 is 0 Å². The zero-order valence-electron chi connectivity index (χ0n) is 12.1. The number of rotatable bonds is 7. The van der Waals surface area contributed by atoms with Crippen LogP contribution in [0.2, 0.25) is 0 Å². The van der Waals surface area contributed by atoms with Crippen molar-refractivity contribution in [1.82, 2.24) is 10.2 Å². The predicted molar refractivity (Wildman–Crippen MR) is 71.5 cm³/mol. The molecule has 0 aliphatic rings. The van der Waals surface area contributed by atoms with Gasteiger partial charge in [-0.2, -0.15) is 0 Å². The zero-order valence-corrected chi connectivity index (χ0v) is 12.1. The van der Waals surface area contributed by atoms with Crippen molar-refractivity contribution < 1.29 is 14.7 Å². The van der Waals surface area contributed by atoms with Gasteiger partial charge in [-0.3, -0.25) is 0 Å². The van der Waals surface area contributed by atoms with Gasteiger partial charge in [-0.15, -0.1) is 0 Å². The van der Waals surface area contributed by atoms with E-state index in [4.69, 9.17) is 5.11 Å². The van der Waals surface area contributed by atoms with Crippen LogP contribution in [0.15, 0.2) is 0 Å². The van der Waals surface area contributed by atoms with Crippen molar-refractivity contribution >= 4 is 12.0 Å². The Hall–Kier alpha value is -1.26. The van der Waals surface area contributed by atoms with Crippen molar-refractivity contribution in [2.24, 2.45) is 11.8 Å². The third-order valence-electron chi connectivity index (χ3n) is 2.46. The lowest BCUT2D eigenvalue weighted by molar-refractivity contribution is -0.139. The topological polar surface area (TPSA) is 69.6 Å². The monoisotopic (exact) mass is 258 g/mol. The molecule has 2 amide bonds. The third-order valence-corrected chi connectivity index (χ3v) is 2.46. The maximum atomic E-state index is 12.0. The number of carboxylic acid groups (broad SMARTS) is 1. The number of nitrogens with zero attached hydrogens (tertiary/aromatic N) is 1. The number of carboxylic acids is 1. The third kappa shape index (κ3) is 6.47. The van der Waals surface area contributed by atoms with Gasteiger partial charge in [0.05, 0.1) is 0 Å². The molecule has 0 radical (unpaired) electrons. The predicted octanol–water partition coefficient (Wildman–Crippen LogP) is 2.17. The van der Waals surface area contributed by atoms with Crippen LogP contribution in [-0.4, -0.2) is 41.1 Å². The summed E-state index contributed by atoms with van der Waals surface area (Å²) in [5.74, 6) is -0.265. The van der Waals surface area contributed by atoms with Crippen LogP contribution in [0.25, 0.3) is 0 Å². The molecule has 0 aromatic heterocycles. The lowest BCUT2D eigenvalue weighted by Crippen LogP contribution is -2.49. The summed E-state index contributed by atoms with van der Waals surface area (Å²) < 4.78 is 0. The molecule has 0 saturated heterocycles. The molecule has 0 bridgehead atoms. The lowest BCUT2D eigenvalue weighted by atomic mass is 10.1. The Kier molecular flexibility index (Phi) is 7.39. The minimum absolute atomic E-state index is 0.286. The molecule has 106 valence electrons. The molecule has 0 saturated carbocycles. The molecular weight excluding hydrogens is 232 g/mol. The highest BCUT2D eigenvalue weighted by Crippen LogP contribution is 2.05. The summed E-state index contributed by atoms with van der Waals surface area (Å²) in [4.78, 5) is 24.6. The van der Waals surface area contributed by atoms with E-state index < -0.39 is 12.0 Å². The summed E-state index contributed by atoms with van der Waals surface area (Å²) in [7, 11) is 0. The van der Waals surface area contributed by atoms with E-state index in [0.717, 1.165) is 0 Å². The Morgan fingerprint density at radius 2 is 1.56 bits per heavy atom. The van der Waals surface area contributed by atoms with Gasteiger partial charge in [0.15, 0.2) is 0 Å². The zero-order chi connectivity index (χ0) is 14.3. The summed E-state index contributed by atoms with van der Waals surface area (Å²) in [6.45, 7) is 11.2. The number of hydrogen-bond acceptors (Lipinski definition) is 2. The molecule has 1 unspecified atom stereocenters. The van der Waals surface area contributed by atoms with E-state index in [1.807, 2.05) is 27.7 Å². The normalized spacial score (nSPS) is 12.6. The van der Waals surface area contributed by atoms with E-state index in [-0.39, 0.29) is 6.03 Å². The first-order chi connectivity index (χ1) is 8.27. The Labute approximate surface area is 110 Å². The largest absolute Gasteiger partial charge is 0.480 e. The highest BCUT2D eigenvalue weighted by atomic mass is 16.4. The van der Waals surface area contributed by atoms with Gasteiger partial charge in [0.1, 0.15) is 6.04 Å². The molecule has 0 aliphatic heterocycles. The van der Waals surface area contributed by atoms with Crippen molar-refractivity contribution in [3.05, 3.63) is 0 Å². The number of carbonyl (C=O) groups excluding carboxylic acids is 1.